The fourth-order valence-corrected chi connectivity index (χ4v) is 3.73. The third-order valence-electron chi connectivity index (χ3n) is 4.30. The fourth-order valence-electron chi connectivity index (χ4n) is 3.73. The Hall–Kier alpha value is -0.0800. The summed E-state index contributed by atoms with van der Waals surface area (Å²) < 4.78 is 0. The monoisotopic (exact) mass is 196 g/mol. The maximum Gasteiger partial charge on any atom is 0.0265 e. The molecular weight excluding hydrogens is 172 g/mol. The van der Waals surface area contributed by atoms with E-state index in [0.717, 1.165) is 12.1 Å². The summed E-state index contributed by atoms with van der Waals surface area (Å²) in [6.07, 6.45) is 1.41. The molecule has 3 rings (SSSR count). The number of nitrogens with zero attached hydrogens (tertiary/aromatic N) is 2. The number of rotatable bonds is 0. The molecule has 0 aromatic rings. The SMILES string of the molecule is C[C@@H]1C2CC([C@@H](C)N1C(C)(C)C)N2C. The lowest BCUT2D eigenvalue weighted by Gasteiger charge is -2.65. The Kier molecular flexibility index (Phi) is 2.20. The van der Waals surface area contributed by atoms with E-state index in [1.165, 1.54) is 6.42 Å². The van der Waals surface area contributed by atoms with Gasteiger partial charge in [-0.3, -0.25) is 9.80 Å². The molecule has 2 bridgehead atoms. The van der Waals surface area contributed by atoms with Gasteiger partial charge in [0.05, 0.1) is 0 Å². The topological polar surface area (TPSA) is 6.48 Å². The van der Waals surface area contributed by atoms with Gasteiger partial charge >= 0.3 is 0 Å². The lowest BCUT2D eigenvalue weighted by molar-refractivity contribution is -0.149. The van der Waals surface area contributed by atoms with Crippen molar-refractivity contribution in [1.29, 1.82) is 0 Å². The normalized spacial score (nSPS) is 45.0. The van der Waals surface area contributed by atoms with Gasteiger partial charge in [0.15, 0.2) is 0 Å². The number of hydrogen-bond donors (Lipinski definition) is 0. The van der Waals surface area contributed by atoms with Crippen molar-refractivity contribution >= 4 is 0 Å². The van der Waals surface area contributed by atoms with Gasteiger partial charge in [0.2, 0.25) is 0 Å². The smallest absolute Gasteiger partial charge is 0.0265 e. The van der Waals surface area contributed by atoms with Crippen LogP contribution < -0.4 is 0 Å². The van der Waals surface area contributed by atoms with Gasteiger partial charge in [-0.05, 0) is 48.1 Å². The largest absolute Gasteiger partial charge is 0.297 e. The molecule has 2 nitrogen and oxygen atoms in total. The molecule has 2 unspecified atom stereocenters. The predicted octanol–water partition coefficient (Wildman–Crippen LogP) is 1.95. The van der Waals surface area contributed by atoms with Crippen LogP contribution in [-0.2, 0) is 0 Å². The van der Waals surface area contributed by atoms with Crippen molar-refractivity contribution in [3.8, 4) is 0 Å². The fraction of sp³-hybridized carbons (Fsp3) is 1.00. The van der Waals surface area contributed by atoms with Gasteiger partial charge in [0, 0.05) is 29.7 Å². The quantitative estimate of drug-likeness (QED) is 0.584. The summed E-state index contributed by atoms with van der Waals surface area (Å²) in [5, 5.41) is 0. The minimum atomic E-state index is 0.316. The first-order chi connectivity index (χ1) is 6.34. The minimum absolute atomic E-state index is 0.316. The highest BCUT2D eigenvalue weighted by molar-refractivity contribution is 5.10. The third-order valence-corrected chi connectivity index (χ3v) is 4.30. The van der Waals surface area contributed by atoms with Crippen LogP contribution >= 0.6 is 0 Å². The third kappa shape index (κ3) is 1.24. The van der Waals surface area contributed by atoms with Crippen molar-refractivity contribution in [2.75, 3.05) is 7.05 Å². The first kappa shape index (κ1) is 10.4. The van der Waals surface area contributed by atoms with Crippen molar-refractivity contribution in [3.05, 3.63) is 0 Å². The molecule has 3 fully saturated rings. The summed E-state index contributed by atoms with van der Waals surface area (Å²) in [6.45, 7) is 11.8. The van der Waals surface area contributed by atoms with Crippen molar-refractivity contribution in [2.24, 2.45) is 0 Å². The van der Waals surface area contributed by atoms with Gasteiger partial charge in [-0.25, -0.2) is 0 Å². The standard InChI is InChI=1S/C12H24N2/c1-8-10-7-11(13(10)6)9(2)14(8)12(3,4)5/h8-11H,7H2,1-6H3/t8-,9-,10?,11?/m1/s1. The lowest BCUT2D eigenvalue weighted by Crippen LogP contribution is -2.77. The van der Waals surface area contributed by atoms with Crippen LogP contribution in [0.25, 0.3) is 0 Å². The zero-order valence-electron chi connectivity index (χ0n) is 10.4. The van der Waals surface area contributed by atoms with Gasteiger partial charge in [-0.2, -0.15) is 0 Å². The van der Waals surface area contributed by atoms with E-state index in [1.807, 2.05) is 0 Å². The first-order valence-corrected chi connectivity index (χ1v) is 5.84. The Morgan fingerprint density at radius 2 is 1.43 bits per heavy atom. The summed E-state index contributed by atoms with van der Waals surface area (Å²) in [6, 6.07) is 3.02. The first-order valence-electron chi connectivity index (χ1n) is 5.84. The highest BCUT2D eigenvalue weighted by Gasteiger charge is 2.53. The molecular formula is C12H24N2. The Balaban J connectivity index is 2.21. The van der Waals surface area contributed by atoms with Gasteiger partial charge in [0.25, 0.3) is 0 Å². The highest BCUT2D eigenvalue weighted by Crippen LogP contribution is 2.42. The molecule has 0 radical (unpaired) electrons. The van der Waals surface area contributed by atoms with Crippen LogP contribution in [0.1, 0.15) is 41.0 Å². The van der Waals surface area contributed by atoms with Crippen molar-refractivity contribution in [3.63, 3.8) is 0 Å². The maximum atomic E-state index is 2.70. The van der Waals surface area contributed by atoms with Crippen LogP contribution in [0.5, 0.6) is 0 Å². The Morgan fingerprint density at radius 3 is 1.71 bits per heavy atom. The molecule has 0 aromatic carbocycles. The maximum absolute atomic E-state index is 2.70. The summed E-state index contributed by atoms with van der Waals surface area (Å²) in [5.41, 5.74) is 0.316. The average molecular weight is 196 g/mol. The lowest BCUT2D eigenvalue weighted by atomic mass is 9.76. The summed E-state index contributed by atoms with van der Waals surface area (Å²) >= 11 is 0. The molecule has 3 heterocycles. The molecule has 14 heavy (non-hydrogen) atoms. The van der Waals surface area contributed by atoms with Crippen LogP contribution in [0.2, 0.25) is 0 Å². The number of fused-ring (bicyclic) bond motifs is 2. The molecule has 4 atom stereocenters. The van der Waals surface area contributed by atoms with E-state index in [4.69, 9.17) is 0 Å². The predicted molar refractivity (Wildman–Crippen MR) is 60.5 cm³/mol. The molecule has 3 aliphatic heterocycles. The van der Waals surface area contributed by atoms with E-state index < -0.39 is 0 Å². The van der Waals surface area contributed by atoms with E-state index >= 15 is 0 Å². The van der Waals surface area contributed by atoms with E-state index in [2.05, 4.69) is 51.5 Å². The molecule has 0 aromatic heterocycles. The van der Waals surface area contributed by atoms with Gasteiger partial charge < -0.3 is 0 Å². The van der Waals surface area contributed by atoms with Gasteiger partial charge in [-0.1, -0.05) is 0 Å². The minimum Gasteiger partial charge on any atom is -0.297 e. The molecule has 82 valence electrons. The van der Waals surface area contributed by atoms with Crippen LogP contribution in [-0.4, -0.2) is 46.6 Å². The van der Waals surface area contributed by atoms with Crippen molar-refractivity contribution in [2.45, 2.75) is 70.7 Å². The van der Waals surface area contributed by atoms with E-state index in [1.54, 1.807) is 0 Å². The second kappa shape index (κ2) is 2.96. The zero-order valence-corrected chi connectivity index (χ0v) is 10.4. The Labute approximate surface area is 88.3 Å². The van der Waals surface area contributed by atoms with Gasteiger partial charge in [0.1, 0.15) is 0 Å². The van der Waals surface area contributed by atoms with E-state index in [-0.39, 0.29) is 0 Å². The van der Waals surface area contributed by atoms with E-state index in [9.17, 15) is 0 Å². The number of likely N-dealkylation sites (N-methyl/N-ethyl adjacent to an activating group) is 1. The number of hydrogen-bond acceptors (Lipinski definition) is 2. The summed E-state index contributed by atoms with van der Waals surface area (Å²) in [7, 11) is 2.28. The molecule has 3 saturated heterocycles. The van der Waals surface area contributed by atoms with Crippen molar-refractivity contribution in [1.82, 2.24) is 9.80 Å². The molecule has 0 saturated carbocycles. The summed E-state index contributed by atoms with van der Waals surface area (Å²) in [4.78, 5) is 5.27. The highest BCUT2D eigenvalue weighted by atomic mass is 15.4. The second-order valence-corrected chi connectivity index (χ2v) is 6.10. The molecule has 0 aliphatic carbocycles. The van der Waals surface area contributed by atoms with Crippen molar-refractivity contribution < 1.29 is 0 Å². The zero-order chi connectivity index (χ0) is 10.7. The van der Waals surface area contributed by atoms with E-state index in [0.29, 0.717) is 17.6 Å². The van der Waals surface area contributed by atoms with Crippen LogP contribution in [0.4, 0.5) is 0 Å². The number of piperidine rings is 1. The molecule has 0 N–H and O–H groups in total. The van der Waals surface area contributed by atoms with Crippen LogP contribution in [0.15, 0.2) is 0 Å². The van der Waals surface area contributed by atoms with Crippen LogP contribution in [0, 0.1) is 0 Å². The molecule has 0 spiro atoms. The average Bonchev–Trinajstić information content (AvgIpc) is 1.98. The van der Waals surface area contributed by atoms with Crippen LogP contribution in [0.3, 0.4) is 0 Å². The second-order valence-electron chi connectivity index (χ2n) is 6.10. The molecule has 3 aliphatic rings. The Morgan fingerprint density at radius 1 is 1.00 bits per heavy atom. The molecule has 2 heteroatoms. The summed E-state index contributed by atoms with van der Waals surface area (Å²) in [5.74, 6) is 0. The molecule has 0 amide bonds. The van der Waals surface area contributed by atoms with Gasteiger partial charge in [-0.15, -0.1) is 0 Å². The number of piperazine rings is 1. The Bertz CT molecular complexity index is 215.